The lowest BCUT2D eigenvalue weighted by molar-refractivity contribution is 0.193. The van der Waals surface area contributed by atoms with Gasteiger partial charge in [-0.15, -0.1) is 0 Å². The van der Waals surface area contributed by atoms with Gasteiger partial charge in [0.2, 0.25) is 0 Å². The molecule has 0 saturated heterocycles. The second kappa shape index (κ2) is 8.40. The van der Waals surface area contributed by atoms with E-state index in [-0.39, 0.29) is 0 Å². The molecule has 3 heteroatoms. The molecule has 21 heavy (non-hydrogen) atoms. The van der Waals surface area contributed by atoms with Crippen LogP contribution in [-0.4, -0.2) is 32.8 Å². The highest BCUT2D eigenvalue weighted by Gasteiger charge is 2.21. The maximum atomic E-state index is 5.17. The summed E-state index contributed by atoms with van der Waals surface area (Å²) in [5, 5.41) is 3.73. The van der Waals surface area contributed by atoms with Crippen LogP contribution in [0.15, 0.2) is 24.3 Å². The predicted molar refractivity (Wildman–Crippen MR) is 89.8 cm³/mol. The second-order valence-electron chi connectivity index (χ2n) is 6.48. The van der Waals surface area contributed by atoms with Crippen LogP contribution in [0.3, 0.4) is 0 Å². The highest BCUT2D eigenvalue weighted by molar-refractivity contribution is 5.54. The zero-order chi connectivity index (χ0) is 15.1. The molecule has 1 aliphatic heterocycles. The van der Waals surface area contributed by atoms with E-state index in [2.05, 4.69) is 48.3 Å². The summed E-state index contributed by atoms with van der Waals surface area (Å²) in [4.78, 5) is 2.57. The summed E-state index contributed by atoms with van der Waals surface area (Å²) in [5.74, 6) is 0.735. The van der Waals surface area contributed by atoms with Gasteiger partial charge in [0.25, 0.3) is 0 Å². The number of para-hydroxylation sites is 1. The van der Waals surface area contributed by atoms with Gasteiger partial charge in [0.15, 0.2) is 0 Å². The molecular weight excluding hydrogens is 260 g/mol. The van der Waals surface area contributed by atoms with Crippen molar-refractivity contribution < 1.29 is 4.74 Å². The maximum Gasteiger partial charge on any atom is 0.0462 e. The van der Waals surface area contributed by atoms with Crippen LogP contribution in [-0.2, 0) is 11.3 Å². The van der Waals surface area contributed by atoms with Crippen molar-refractivity contribution in [2.45, 2.75) is 45.7 Å². The Hall–Kier alpha value is -1.06. The molecular formula is C18H30N2O. The van der Waals surface area contributed by atoms with Gasteiger partial charge in [-0.1, -0.05) is 32.0 Å². The number of nitrogens with zero attached hydrogens (tertiary/aromatic N) is 1. The van der Waals surface area contributed by atoms with E-state index >= 15 is 0 Å². The van der Waals surface area contributed by atoms with E-state index in [1.807, 2.05) is 0 Å². The van der Waals surface area contributed by atoms with Gasteiger partial charge in [-0.05, 0) is 36.8 Å². The summed E-state index contributed by atoms with van der Waals surface area (Å²) in [6.45, 7) is 8.70. The molecule has 1 heterocycles. The predicted octanol–water partition coefficient (Wildman–Crippen LogP) is 3.44. The van der Waals surface area contributed by atoms with Gasteiger partial charge in [0.05, 0.1) is 0 Å². The fourth-order valence-corrected chi connectivity index (χ4v) is 3.14. The third kappa shape index (κ3) is 5.01. The average Bonchev–Trinajstić information content (AvgIpc) is 2.63. The van der Waals surface area contributed by atoms with Crippen LogP contribution in [0.5, 0.6) is 0 Å². The number of unbranched alkanes of at least 4 members (excludes halogenated alkanes) is 1. The minimum Gasteiger partial charge on any atom is -0.385 e. The second-order valence-corrected chi connectivity index (χ2v) is 6.48. The van der Waals surface area contributed by atoms with Crippen molar-refractivity contribution in [3.05, 3.63) is 29.8 Å². The summed E-state index contributed by atoms with van der Waals surface area (Å²) in [5.41, 5.74) is 2.84. The first-order valence-electron chi connectivity index (χ1n) is 8.26. The Morgan fingerprint density at radius 3 is 2.86 bits per heavy atom. The number of hydrogen-bond acceptors (Lipinski definition) is 3. The van der Waals surface area contributed by atoms with Gasteiger partial charge in [-0.2, -0.15) is 0 Å². The Kier molecular flexibility index (Phi) is 6.52. The summed E-state index contributed by atoms with van der Waals surface area (Å²) in [7, 11) is 1.78. The van der Waals surface area contributed by atoms with E-state index < -0.39 is 0 Å². The summed E-state index contributed by atoms with van der Waals surface area (Å²) in [6.07, 6.45) is 3.57. The number of nitrogens with one attached hydrogen (secondary N) is 1. The normalized spacial score (nSPS) is 18.7. The van der Waals surface area contributed by atoms with Crippen LogP contribution in [0.2, 0.25) is 0 Å². The van der Waals surface area contributed by atoms with E-state index in [0.29, 0.717) is 6.04 Å². The van der Waals surface area contributed by atoms with Crippen molar-refractivity contribution in [1.82, 2.24) is 5.32 Å². The molecule has 0 aromatic heterocycles. The molecule has 1 aliphatic rings. The van der Waals surface area contributed by atoms with E-state index in [4.69, 9.17) is 4.74 Å². The lowest BCUT2D eigenvalue weighted by Gasteiger charge is -2.28. The molecule has 1 N–H and O–H groups in total. The number of benzene rings is 1. The van der Waals surface area contributed by atoms with E-state index in [1.54, 1.807) is 7.11 Å². The van der Waals surface area contributed by atoms with Crippen LogP contribution < -0.4 is 10.2 Å². The molecule has 0 saturated carbocycles. The van der Waals surface area contributed by atoms with E-state index in [0.717, 1.165) is 38.6 Å². The number of rotatable bonds is 7. The average molecular weight is 290 g/mol. The minimum atomic E-state index is 0.583. The number of fused-ring (bicyclic) bond motifs is 1. The third-order valence-corrected chi connectivity index (χ3v) is 4.14. The summed E-state index contributed by atoms with van der Waals surface area (Å²) < 4.78 is 5.17. The zero-order valence-corrected chi connectivity index (χ0v) is 13.8. The molecule has 1 aromatic rings. The van der Waals surface area contributed by atoms with Gasteiger partial charge in [0, 0.05) is 45.1 Å². The molecule has 1 aromatic carbocycles. The van der Waals surface area contributed by atoms with Crippen LogP contribution in [0, 0.1) is 5.92 Å². The third-order valence-electron chi connectivity index (χ3n) is 4.14. The van der Waals surface area contributed by atoms with Gasteiger partial charge in [-0.3, -0.25) is 0 Å². The molecule has 2 rings (SSSR count). The maximum absolute atomic E-state index is 5.17. The molecule has 0 spiro atoms. The molecule has 0 bridgehead atoms. The zero-order valence-electron chi connectivity index (χ0n) is 13.8. The van der Waals surface area contributed by atoms with Gasteiger partial charge < -0.3 is 15.0 Å². The molecule has 1 atom stereocenters. The summed E-state index contributed by atoms with van der Waals surface area (Å²) in [6, 6.07) is 9.41. The highest BCUT2D eigenvalue weighted by atomic mass is 16.5. The largest absolute Gasteiger partial charge is 0.385 e. The minimum absolute atomic E-state index is 0.583. The number of methoxy groups -OCH3 is 1. The van der Waals surface area contributed by atoms with Crippen LogP contribution in [0.1, 0.15) is 38.7 Å². The Bertz CT molecular complexity index is 419. The van der Waals surface area contributed by atoms with Crippen molar-refractivity contribution in [3.63, 3.8) is 0 Å². The van der Waals surface area contributed by atoms with Crippen molar-refractivity contribution in [2.75, 3.05) is 31.7 Å². The molecule has 1 unspecified atom stereocenters. The van der Waals surface area contributed by atoms with Crippen molar-refractivity contribution in [1.29, 1.82) is 0 Å². The monoisotopic (exact) mass is 290 g/mol. The first kappa shape index (κ1) is 16.3. The van der Waals surface area contributed by atoms with E-state index in [1.165, 1.54) is 24.1 Å². The quantitative estimate of drug-likeness (QED) is 0.779. The smallest absolute Gasteiger partial charge is 0.0462 e. The van der Waals surface area contributed by atoms with Gasteiger partial charge >= 0.3 is 0 Å². The Balaban J connectivity index is 2.04. The first-order chi connectivity index (χ1) is 10.2. The standard InChI is InChI=1S/C18H30N2O/c1-15(2)12-17-14-20(10-6-7-11-21-3)18-9-5-4-8-16(18)13-19-17/h4-5,8-9,15,17,19H,6-7,10-14H2,1-3H3. The molecule has 0 amide bonds. The van der Waals surface area contributed by atoms with Crippen molar-refractivity contribution in [3.8, 4) is 0 Å². The fourth-order valence-electron chi connectivity index (χ4n) is 3.14. The number of anilines is 1. The lowest BCUT2D eigenvalue weighted by atomic mass is 10.0. The fraction of sp³-hybridized carbons (Fsp3) is 0.667. The molecule has 0 fully saturated rings. The van der Waals surface area contributed by atoms with Gasteiger partial charge in [0.1, 0.15) is 0 Å². The Morgan fingerprint density at radius 2 is 2.10 bits per heavy atom. The molecule has 118 valence electrons. The van der Waals surface area contributed by atoms with E-state index in [9.17, 15) is 0 Å². The molecule has 0 aliphatic carbocycles. The lowest BCUT2D eigenvalue weighted by Crippen LogP contribution is -2.39. The van der Waals surface area contributed by atoms with Crippen molar-refractivity contribution >= 4 is 5.69 Å². The molecule has 0 radical (unpaired) electrons. The SMILES string of the molecule is COCCCCN1CC(CC(C)C)NCc2ccccc21. The number of ether oxygens (including phenoxy) is 1. The number of hydrogen-bond donors (Lipinski definition) is 1. The van der Waals surface area contributed by atoms with Gasteiger partial charge in [-0.25, -0.2) is 0 Å². The first-order valence-corrected chi connectivity index (χ1v) is 8.26. The van der Waals surface area contributed by atoms with Crippen LogP contribution >= 0.6 is 0 Å². The summed E-state index contributed by atoms with van der Waals surface area (Å²) >= 11 is 0. The van der Waals surface area contributed by atoms with Crippen molar-refractivity contribution in [2.24, 2.45) is 5.92 Å². The van der Waals surface area contributed by atoms with Crippen LogP contribution in [0.4, 0.5) is 5.69 Å². The molecule has 3 nitrogen and oxygen atoms in total. The van der Waals surface area contributed by atoms with Crippen LogP contribution in [0.25, 0.3) is 0 Å². The Morgan fingerprint density at radius 1 is 1.29 bits per heavy atom. The topological polar surface area (TPSA) is 24.5 Å². The highest BCUT2D eigenvalue weighted by Crippen LogP contribution is 2.25. The Labute approximate surface area is 129 Å².